The third-order valence-electron chi connectivity index (χ3n) is 5.98. The average Bonchev–Trinajstić information content (AvgIpc) is 3.21. The first-order chi connectivity index (χ1) is 16.6. The summed E-state index contributed by atoms with van der Waals surface area (Å²) in [4.78, 5) is 13.1. The molecule has 1 fully saturated rings. The third-order valence-corrected chi connectivity index (χ3v) is 6.38. The van der Waals surface area contributed by atoms with Crippen LogP contribution < -0.4 is 4.90 Å². The molecule has 5 rings (SSSR count). The molecule has 9 heteroatoms. The first kappa shape index (κ1) is 21.9. The van der Waals surface area contributed by atoms with Crippen LogP contribution in [0.15, 0.2) is 67.1 Å². The van der Waals surface area contributed by atoms with Crippen molar-refractivity contribution in [2.45, 2.75) is 13.6 Å². The molecule has 1 aliphatic heterocycles. The Morgan fingerprint density at radius 1 is 0.971 bits per heavy atom. The Morgan fingerprint density at radius 3 is 2.41 bits per heavy atom. The number of hydrogen-bond donors (Lipinski definition) is 0. The topological polar surface area (TPSA) is 78.8 Å². The van der Waals surface area contributed by atoms with Crippen LogP contribution in [-0.4, -0.2) is 55.4 Å². The second-order valence-corrected chi connectivity index (χ2v) is 8.61. The van der Waals surface area contributed by atoms with Crippen molar-refractivity contribution in [3.63, 3.8) is 0 Å². The van der Waals surface area contributed by atoms with Crippen molar-refractivity contribution in [2.24, 2.45) is 0 Å². The molecular formula is C25H24N8S. The first-order valence-electron chi connectivity index (χ1n) is 11.1. The van der Waals surface area contributed by atoms with E-state index in [1.54, 1.807) is 24.7 Å². The summed E-state index contributed by atoms with van der Waals surface area (Å²) in [5, 5.41) is 14.3. The summed E-state index contributed by atoms with van der Waals surface area (Å²) in [7, 11) is 0. The summed E-state index contributed by atoms with van der Waals surface area (Å²) in [6, 6.07) is 18.0. The third kappa shape index (κ3) is 4.33. The Kier molecular flexibility index (Phi) is 6.16. The largest absolute Gasteiger partial charge is 0.353 e. The lowest BCUT2D eigenvalue weighted by atomic mass is 10.2. The Hall–Kier alpha value is -3.87. The van der Waals surface area contributed by atoms with Gasteiger partial charge in [-0.25, -0.2) is 9.67 Å². The number of piperazine rings is 1. The van der Waals surface area contributed by atoms with Gasteiger partial charge >= 0.3 is 0 Å². The van der Waals surface area contributed by atoms with Gasteiger partial charge in [-0.3, -0.25) is 14.5 Å². The highest BCUT2D eigenvalue weighted by atomic mass is 32.1. The van der Waals surface area contributed by atoms with Gasteiger partial charge in [0.25, 0.3) is 0 Å². The fraction of sp³-hybridized carbons (Fsp3) is 0.240. The molecule has 0 atom stereocenters. The van der Waals surface area contributed by atoms with Gasteiger partial charge in [-0.15, -0.1) is 5.10 Å². The van der Waals surface area contributed by atoms with Gasteiger partial charge in [0, 0.05) is 56.0 Å². The molecule has 1 aromatic carbocycles. The van der Waals surface area contributed by atoms with Crippen LogP contribution in [0.1, 0.15) is 11.1 Å². The molecule has 1 saturated heterocycles. The van der Waals surface area contributed by atoms with Gasteiger partial charge in [0.05, 0.1) is 12.2 Å². The minimum atomic E-state index is 0.594. The van der Waals surface area contributed by atoms with E-state index in [4.69, 9.17) is 17.3 Å². The van der Waals surface area contributed by atoms with E-state index in [0.29, 0.717) is 17.0 Å². The molecule has 4 heterocycles. The monoisotopic (exact) mass is 468 g/mol. The molecule has 0 amide bonds. The van der Waals surface area contributed by atoms with Gasteiger partial charge in [0.15, 0.2) is 5.82 Å². The maximum atomic E-state index is 9.40. The SMILES string of the molecule is Cc1ccc(-n2c(-c3ccncc3)nn(CN3CCN(c4ncccc4C#N)CC3)c2=S)cc1. The van der Waals surface area contributed by atoms with E-state index in [-0.39, 0.29) is 0 Å². The predicted octanol–water partition coefficient (Wildman–Crippen LogP) is 3.82. The molecule has 0 bridgehead atoms. The van der Waals surface area contributed by atoms with Crippen LogP contribution in [-0.2, 0) is 6.67 Å². The van der Waals surface area contributed by atoms with Crippen molar-refractivity contribution in [3.8, 4) is 23.1 Å². The van der Waals surface area contributed by atoms with E-state index in [9.17, 15) is 5.26 Å². The second kappa shape index (κ2) is 9.55. The molecule has 3 aromatic heterocycles. The number of nitriles is 1. The van der Waals surface area contributed by atoms with E-state index < -0.39 is 0 Å². The normalized spacial score (nSPS) is 14.2. The summed E-state index contributed by atoms with van der Waals surface area (Å²) in [6.45, 7) is 5.89. The Bertz CT molecular complexity index is 1380. The molecule has 34 heavy (non-hydrogen) atoms. The van der Waals surface area contributed by atoms with Gasteiger partial charge in [-0.2, -0.15) is 5.26 Å². The fourth-order valence-corrected chi connectivity index (χ4v) is 4.43. The van der Waals surface area contributed by atoms with Gasteiger partial charge in [0.1, 0.15) is 11.9 Å². The quantitative estimate of drug-likeness (QED) is 0.412. The maximum Gasteiger partial charge on any atom is 0.204 e. The molecule has 0 aliphatic carbocycles. The lowest BCUT2D eigenvalue weighted by molar-refractivity contribution is 0.194. The van der Waals surface area contributed by atoms with Crippen LogP contribution in [0.25, 0.3) is 17.1 Å². The number of rotatable bonds is 5. The Morgan fingerprint density at radius 2 is 1.71 bits per heavy atom. The number of anilines is 1. The van der Waals surface area contributed by atoms with Crippen LogP contribution >= 0.6 is 12.2 Å². The van der Waals surface area contributed by atoms with E-state index in [1.807, 2.05) is 27.4 Å². The smallest absolute Gasteiger partial charge is 0.204 e. The minimum absolute atomic E-state index is 0.594. The average molecular weight is 469 g/mol. The van der Waals surface area contributed by atoms with Crippen LogP contribution in [0.3, 0.4) is 0 Å². The van der Waals surface area contributed by atoms with Crippen molar-refractivity contribution in [1.82, 2.24) is 29.2 Å². The molecule has 0 unspecified atom stereocenters. The number of aryl methyl sites for hydroxylation is 1. The van der Waals surface area contributed by atoms with Crippen LogP contribution in [0, 0.1) is 23.0 Å². The molecule has 170 valence electrons. The van der Waals surface area contributed by atoms with Crippen LogP contribution in [0.4, 0.5) is 5.82 Å². The number of aromatic nitrogens is 5. The summed E-state index contributed by atoms with van der Waals surface area (Å²) in [5.74, 6) is 1.55. The zero-order valence-electron chi connectivity index (χ0n) is 18.9. The number of nitrogens with zero attached hydrogens (tertiary/aromatic N) is 8. The molecule has 0 radical (unpaired) electrons. The van der Waals surface area contributed by atoms with E-state index >= 15 is 0 Å². The summed E-state index contributed by atoms with van der Waals surface area (Å²) in [5.41, 5.74) is 3.75. The molecule has 4 aromatic rings. The van der Waals surface area contributed by atoms with Crippen molar-refractivity contribution in [1.29, 1.82) is 5.26 Å². The molecule has 8 nitrogen and oxygen atoms in total. The molecule has 0 spiro atoms. The van der Waals surface area contributed by atoms with Crippen LogP contribution in [0.2, 0.25) is 0 Å². The molecular weight excluding hydrogens is 444 g/mol. The highest BCUT2D eigenvalue weighted by Crippen LogP contribution is 2.23. The van der Waals surface area contributed by atoms with Gasteiger partial charge in [0.2, 0.25) is 4.77 Å². The number of hydrogen-bond acceptors (Lipinski definition) is 7. The van der Waals surface area contributed by atoms with Crippen LogP contribution in [0.5, 0.6) is 0 Å². The zero-order valence-corrected chi connectivity index (χ0v) is 19.7. The van der Waals surface area contributed by atoms with E-state index in [0.717, 1.165) is 49.1 Å². The highest BCUT2D eigenvalue weighted by Gasteiger charge is 2.22. The Labute approximate surface area is 203 Å². The van der Waals surface area contributed by atoms with E-state index in [1.165, 1.54) is 5.56 Å². The zero-order chi connectivity index (χ0) is 23.5. The number of pyridine rings is 2. The molecule has 1 aliphatic rings. The van der Waals surface area contributed by atoms with Gasteiger partial charge in [-0.05, 0) is 55.5 Å². The van der Waals surface area contributed by atoms with Gasteiger partial charge < -0.3 is 4.90 Å². The maximum absolute atomic E-state index is 9.40. The standard InChI is InChI=1S/C25H24N8S/c1-19-4-6-22(7-5-19)33-24(20-8-11-27-12-9-20)29-32(25(33)34)18-30-13-15-31(16-14-30)23-21(17-26)3-2-10-28-23/h2-12H,13-16,18H2,1H3. The summed E-state index contributed by atoms with van der Waals surface area (Å²) in [6.07, 6.45) is 5.27. The summed E-state index contributed by atoms with van der Waals surface area (Å²) < 4.78 is 4.56. The molecule has 0 N–H and O–H groups in total. The van der Waals surface area contributed by atoms with Gasteiger partial charge in [-0.1, -0.05) is 17.7 Å². The lowest BCUT2D eigenvalue weighted by Crippen LogP contribution is -2.47. The predicted molar refractivity (Wildman–Crippen MR) is 133 cm³/mol. The first-order valence-corrected chi connectivity index (χ1v) is 11.5. The lowest BCUT2D eigenvalue weighted by Gasteiger charge is -2.35. The number of benzene rings is 1. The van der Waals surface area contributed by atoms with Crippen molar-refractivity contribution in [2.75, 3.05) is 31.1 Å². The fourth-order valence-electron chi connectivity index (χ4n) is 4.14. The second-order valence-electron chi connectivity index (χ2n) is 8.25. The molecule has 0 saturated carbocycles. The van der Waals surface area contributed by atoms with E-state index in [2.05, 4.69) is 57.0 Å². The van der Waals surface area contributed by atoms with Crippen molar-refractivity contribution in [3.05, 3.63) is 83.0 Å². The minimum Gasteiger partial charge on any atom is -0.353 e. The Balaban J connectivity index is 1.40. The van der Waals surface area contributed by atoms with Crippen molar-refractivity contribution < 1.29 is 0 Å². The highest BCUT2D eigenvalue weighted by molar-refractivity contribution is 7.71. The van der Waals surface area contributed by atoms with Crippen molar-refractivity contribution >= 4 is 18.0 Å². The summed E-state index contributed by atoms with van der Waals surface area (Å²) >= 11 is 5.89.